The van der Waals surface area contributed by atoms with E-state index in [0.717, 1.165) is 0 Å². The number of carbonyl (C=O) groups excluding carboxylic acids is 2. The van der Waals surface area contributed by atoms with Crippen molar-refractivity contribution in [3.63, 3.8) is 0 Å². The number of likely N-dealkylation sites (tertiary alicyclic amines) is 1. The van der Waals surface area contributed by atoms with Gasteiger partial charge in [0.1, 0.15) is 0 Å². The summed E-state index contributed by atoms with van der Waals surface area (Å²) in [6.45, 7) is 4.68. The van der Waals surface area contributed by atoms with E-state index < -0.39 is 11.2 Å². The molecule has 1 aromatic rings. The molecule has 3 rings (SSSR count). The molecule has 0 bridgehead atoms. The molecule has 0 unspecified atom stereocenters. The molecular weight excluding hydrogens is 309 g/mol. The highest BCUT2D eigenvalue weighted by Gasteiger charge is 2.48. The number of hydrogen-bond acceptors (Lipinski definition) is 4. The van der Waals surface area contributed by atoms with Crippen LogP contribution in [0.15, 0.2) is 30.0 Å². The maximum Gasteiger partial charge on any atom is 0.256 e. The molecule has 1 heterocycles. The van der Waals surface area contributed by atoms with Crippen molar-refractivity contribution in [3.8, 4) is 0 Å². The summed E-state index contributed by atoms with van der Waals surface area (Å²) >= 11 is 0. The number of nitrogens with two attached hydrogens (primary N) is 2. The third kappa shape index (κ3) is 2.56. The highest BCUT2D eigenvalue weighted by Crippen LogP contribution is 2.47. The Bertz CT molecular complexity index is 757. The van der Waals surface area contributed by atoms with Crippen molar-refractivity contribution >= 4 is 17.4 Å². The molecule has 1 fully saturated rings. The van der Waals surface area contributed by atoms with Gasteiger partial charge in [-0.3, -0.25) is 9.59 Å². The lowest BCUT2D eigenvalue weighted by molar-refractivity contribution is -0.125. The lowest BCUT2D eigenvalue weighted by atomic mass is 9.65. The van der Waals surface area contributed by atoms with Crippen molar-refractivity contribution in [2.75, 3.05) is 18.8 Å². The number of carbonyl (C=O) groups is 2. The SMILES string of the molecule is CC1(C)C[C@]2(C=C(N)C1=O)CCN(C(=O)c1cccc(N)c1F)C2. The van der Waals surface area contributed by atoms with Crippen LogP contribution >= 0.6 is 0 Å². The Morgan fingerprint density at radius 1 is 1.29 bits per heavy atom. The highest BCUT2D eigenvalue weighted by atomic mass is 19.1. The summed E-state index contributed by atoms with van der Waals surface area (Å²) in [7, 11) is 0. The van der Waals surface area contributed by atoms with Gasteiger partial charge in [0.15, 0.2) is 11.6 Å². The molecule has 4 N–H and O–H groups in total. The number of ketones is 1. The van der Waals surface area contributed by atoms with Gasteiger partial charge in [0.25, 0.3) is 5.91 Å². The number of amides is 1. The van der Waals surface area contributed by atoms with Crippen LogP contribution in [-0.4, -0.2) is 29.7 Å². The van der Waals surface area contributed by atoms with Crippen molar-refractivity contribution in [3.05, 3.63) is 41.4 Å². The number of nitrogen functional groups attached to an aromatic ring is 1. The molecule has 1 aromatic carbocycles. The fourth-order valence-electron chi connectivity index (χ4n) is 4.01. The summed E-state index contributed by atoms with van der Waals surface area (Å²) in [5, 5.41) is 0. The fraction of sp³-hybridized carbons (Fsp3) is 0.444. The minimum atomic E-state index is -0.683. The molecule has 128 valence electrons. The summed E-state index contributed by atoms with van der Waals surface area (Å²) in [6, 6.07) is 4.44. The lowest BCUT2D eigenvalue weighted by Gasteiger charge is -2.39. The predicted octanol–water partition coefficient (Wildman–Crippen LogP) is 2.08. The molecular formula is C18H22FN3O2. The van der Waals surface area contributed by atoms with Gasteiger partial charge in [0, 0.05) is 23.9 Å². The number of benzene rings is 1. The van der Waals surface area contributed by atoms with E-state index in [-0.39, 0.29) is 34.1 Å². The molecule has 24 heavy (non-hydrogen) atoms. The Labute approximate surface area is 140 Å². The van der Waals surface area contributed by atoms with Crippen LogP contribution in [0.3, 0.4) is 0 Å². The van der Waals surface area contributed by atoms with Gasteiger partial charge < -0.3 is 16.4 Å². The van der Waals surface area contributed by atoms with E-state index in [4.69, 9.17) is 11.5 Å². The largest absolute Gasteiger partial charge is 0.396 e. The number of halogens is 1. The maximum atomic E-state index is 14.1. The van der Waals surface area contributed by atoms with Crippen LogP contribution in [0.25, 0.3) is 0 Å². The van der Waals surface area contributed by atoms with Gasteiger partial charge in [-0.2, -0.15) is 0 Å². The quantitative estimate of drug-likeness (QED) is 0.771. The number of rotatable bonds is 1. The maximum absolute atomic E-state index is 14.1. The minimum absolute atomic E-state index is 0.0184. The summed E-state index contributed by atoms with van der Waals surface area (Å²) in [4.78, 5) is 26.5. The Balaban J connectivity index is 1.87. The summed E-state index contributed by atoms with van der Waals surface area (Å²) in [6.07, 6.45) is 3.13. The molecule has 0 aromatic heterocycles. The van der Waals surface area contributed by atoms with Crippen molar-refractivity contribution in [2.45, 2.75) is 26.7 Å². The first-order valence-electron chi connectivity index (χ1n) is 8.02. The first-order valence-corrected chi connectivity index (χ1v) is 8.02. The van der Waals surface area contributed by atoms with Crippen LogP contribution in [0.4, 0.5) is 10.1 Å². The average Bonchev–Trinajstić information content (AvgIpc) is 2.90. The molecule has 2 aliphatic rings. The van der Waals surface area contributed by atoms with Crippen LogP contribution in [0.1, 0.15) is 37.0 Å². The first kappa shape index (κ1) is 16.5. The van der Waals surface area contributed by atoms with Crippen molar-refractivity contribution in [1.82, 2.24) is 4.90 Å². The Morgan fingerprint density at radius 3 is 2.67 bits per heavy atom. The number of Topliss-reactive ketones (excluding diaryl/α,β-unsaturated/α-hetero) is 1. The van der Waals surface area contributed by atoms with E-state index in [0.29, 0.717) is 25.9 Å². The lowest BCUT2D eigenvalue weighted by Crippen LogP contribution is -2.42. The second kappa shape index (κ2) is 5.33. The first-order chi connectivity index (χ1) is 11.2. The van der Waals surface area contributed by atoms with E-state index in [1.165, 1.54) is 12.1 Å². The molecule has 0 radical (unpaired) electrons. The molecule has 1 saturated heterocycles. The van der Waals surface area contributed by atoms with Crippen molar-refractivity contribution < 1.29 is 14.0 Å². The van der Waals surface area contributed by atoms with Crippen LogP contribution < -0.4 is 11.5 Å². The topological polar surface area (TPSA) is 89.4 Å². The third-order valence-corrected chi connectivity index (χ3v) is 5.06. The summed E-state index contributed by atoms with van der Waals surface area (Å²) < 4.78 is 14.1. The van der Waals surface area contributed by atoms with Gasteiger partial charge >= 0.3 is 0 Å². The molecule has 1 aliphatic heterocycles. The Hall–Kier alpha value is -2.37. The zero-order valence-corrected chi connectivity index (χ0v) is 13.9. The normalized spacial score (nSPS) is 25.9. The van der Waals surface area contributed by atoms with E-state index in [1.807, 2.05) is 13.8 Å². The highest BCUT2D eigenvalue weighted by molar-refractivity contribution is 6.00. The molecule has 1 atom stereocenters. The molecule has 1 spiro atoms. The molecule has 5 nitrogen and oxygen atoms in total. The van der Waals surface area contributed by atoms with E-state index in [2.05, 4.69) is 0 Å². The number of allylic oxidation sites excluding steroid dienone is 1. The zero-order valence-electron chi connectivity index (χ0n) is 13.9. The summed E-state index contributed by atoms with van der Waals surface area (Å²) in [5.74, 6) is -1.12. The fourth-order valence-corrected chi connectivity index (χ4v) is 4.01. The Morgan fingerprint density at radius 2 is 2.00 bits per heavy atom. The van der Waals surface area contributed by atoms with E-state index in [9.17, 15) is 14.0 Å². The molecule has 6 heteroatoms. The van der Waals surface area contributed by atoms with Crippen LogP contribution in [0, 0.1) is 16.6 Å². The van der Waals surface area contributed by atoms with Crippen LogP contribution in [0.5, 0.6) is 0 Å². The molecule has 0 saturated carbocycles. The standard InChI is InChI=1S/C18H22FN3O2/c1-17(2)9-18(8-13(21)15(17)23)6-7-22(10-18)16(24)11-4-3-5-12(20)14(11)19/h3-5,8H,6-7,9-10,20-21H2,1-2H3/t18-/m1/s1. The number of nitrogens with zero attached hydrogens (tertiary/aromatic N) is 1. The number of anilines is 1. The molecule has 1 aliphatic carbocycles. The smallest absolute Gasteiger partial charge is 0.256 e. The minimum Gasteiger partial charge on any atom is -0.396 e. The van der Waals surface area contributed by atoms with Gasteiger partial charge in [0.05, 0.1) is 16.9 Å². The van der Waals surface area contributed by atoms with Crippen LogP contribution in [-0.2, 0) is 4.79 Å². The van der Waals surface area contributed by atoms with Crippen molar-refractivity contribution in [1.29, 1.82) is 0 Å². The van der Waals surface area contributed by atoms with E-state index in [1.54, 1.807) is 17.0 Å². The van der Waals surface area contributed by atoms with Crippen LogP contribution in [0.2, 0.25) is 0 Å². The van der Waals surface area contributed by atoms with Gasteiger partial charge in [-0.1, -0.05) is 19.9 Å². The van der Waals surface area contributed by atoms with Gasteiger partial charge in [-0.25, -0.2) is 4.39 Å². The second-order valence-corrected chi connectivity index (χ2v) is 7.54. The Kier molecular flexibility index (Phi) is 3.66. The number of hydrogen-bond donors (Lipinski definition) is 2. The van der Waals surface area contributed by atoms with Crippen molar-refractivity contribution in [2.24, 2.45) is 16.6 Å². The average molecular weight is 331 g/mol. The molecule has 1 amide bonds. The van der Waals surface area contributed by atoms with Gasteiger partial charge in [-0.15, -0.1) is 0 Å². The third-order valence-electron chi connectivity index (χ3n) is 5.06. The second-order valence-electron chi connectivity index (χ2n) is 7.54. The van der Waals surface area contributed by atoms with Gasteiger partial charge in [0.2, 0.25) is 0 Å². The van der Waals surface area contributed by atoms with E-state index >= 15 is 0 Å². The predicted molar refractivity (Wildman–Crippen MR) is 89.4 cm³/mol. The summed E-state index contributed by atoms with van der Waals surface area (Å²) in [5.41, 5.74) is 10.8. The monoisotopic (exact) mass is 331 g/mol. The zero-order chi connectivity index (χ0) is 17.7. The van der Waals surface area contributed by atoms with Gasteiger partial charge in [-0.05, 0) is 31.1 Å².